The lowest BCUT2D eigenvalue weighted by molar-refractivity contribution is -0.133. The maximum Gasteiger partial charge on any atom is 0.241 e. The largest absolute Gasteiger partial charge is 0.409 e. The summed E-state index contributed by atoms with van der Waals surface area (Å²) in [5.41, 5.74) is 7.99. The van der Waals surface area contributed by atoms with Crippen LogP contribution in [0.3, 0.4) is 0 Å². The number of para-hydroxylation sites is 1. The second-order valence-corrected chi connectivity index (χ2v) is 11.4. The fourth-order valence-corrected chi connectivity index (χ4v) is 6.19. The molecule has 1 saturated heterocycles. The number of nitrogens with two attached hydrogens (primary N) is 1. The van der Waals surface area contributed by atoms with E-state index in [1.807, 2.05) is 54.6 Å². The van der Waals surface area contributed by atoms with Crippen LogP contribution in [-0.4, -0.2) is 62.5 Å². The molecule has 1 unspecified atom stereocenters. The molecule has 0 bridgehead atoms. The molecule has 0 spiro atoms. The first-order valence-electron chi connectivity index (χ1n) is 13.0. The van der Waals surface area contributed by atoms with Crippen molar-refractivity contribution in [3.05, 3.63) is 108 Å². The number of anilines is 1. The van der Waals surface area contributed by atoms with E-state index in [9.17, 15) is 13.2 Å². The number of hydrogen-bond donors (Lipinski definition) is 3. The molecule has 1 atom stereocenters. The average molecular weight is 558 g/mol. The van der Waals surface area contributed by atoms with Crippen molar-refractivity contribution in [1.82, 2.24) is 9.62 Å². The number of fused-ring (bicyclic) bond motifs is 1. The van der Waals surface area contributed by atoms with Gasteiger partial charge in [-0.1, -0.05) is 71.9 Å². The van der Waals surface area contributed by atoms with Gasteiger partial charge in [-0.3, -0.25) is 4.79 Å². The Morgan fingerprint density at radius 3 is 2.30 bits per heavy atom. The van der Waals surface area contributed by atoms with Crippen molar-refractivity contribution >= 4 is 38.2 Å². The second kappa shape index (κ2) is 11.8. The molecule has 206 valence electrons. The first-order chi connectivity index (χ1) is 19.3. The van der Waals surface area contributed by atoms with Crippen LogP contribution in [0.1, 0.15) is 11.1 Å². The van der Waals surface area contributed by atoms with Gasteiger partial charge in [0.05, 0.1) is 4.90 Å². The number of sulfonamides is 1. The van der Waals surface area contributed by atoms with Crippen LogP contribution in [0.2, 0.25) is 0 Å². The topological polar surface area (TPSA) is 128 Å². The van der Waals surface area contributed by atoms with Crippen LogP contribution in [0.4, 0.5) is 5.69 Å². The van der Waals surface area contributed by atoms with E-state index in [2.05, 4.69) is 14.8 Å². The Morgan fingerprint density at radius 1 is 0.875 bits per heavy atom. The molecule has 0 saturated carbocycles. The summed E-state index contributed by atoms with van der Waals surface area (Å²) >= 11 is 0. The van der Waals surface area contributed by atoms with Crippen molar-refractivity contribution in [2.45, 2.75) is 17.4 Å². The molecule has 40 heavy (non-hydrogen) atoms. The highest BCUT2D eigenvalue weighted by atomic mass is 32.2. The Morgan fingerprint density at radius 2 is 1.57 bits per heavy atom. The Bertz CT molecular complexity index is 1630. The number of nitrogens with zero attached hydrogens (tertiary/aromatic N) is 3. The summed E-state index contributed by atoms with van der Waals surface area (Å²) in [4.78, 5) is 17.8. The zero-order valence-electron chi connectivity index (χ0n) is 21.8. The molecule has 10 heteroatoms. The molecule has 4 N–H and O–H groups in total. The Balaban J connectivity index is 1.40. The Hall–Kier alpha value is -4.41. The van der Waals surface area contributed by atoms with E-state index in [1.165, 1.54) is 0 Å². The molecule has 0 radical (unpaired) electrons. The Labute approximate surface area is 233 Å². The van der Waals surface area contributed by atoms with Gasteiger partial charge in [0.1, 0.15) is 6.04 Å². The number of oxime groups is 1. The molecule has 1 aliphatic rings. The van der Waals surface area contributed by atoms with Gasteiger partial charge in [-0.15, -0.1) is 0 Å². The van der Waals surface area contributed by atoms with Crippen molar-refractivity contribution in [2.24, 2.45) is 10.9 Å². The van der Waals surface area contributed by atoms with Crippen LogP contribution in [0.15, 0.2) is 107 Å². The van der Waals surface area contributed by atoms with Gasteiger partial charge in [0.15, 0.2) is 5.84 Å². The van der Waals surface area contributed by atoms with Crippen LogP contribution >= 0.6 is 0 Å². The quantitative estimate of drug-likeness (QED) is 0.132. The average Bonchev–Trinajstić information content (AvgIpc) is 3.00. The van der Waals surface area contributed by atoms with Crippen LogP contribution < -0.4 is 15.4 Å². The lowest BCUT2D eigenvalue weighted by Crippen LogP contribution is -2.55. The normalized spacial score (nSPS) is 15.2. The van der Waals surface area contributed by atoms with E-state index in [1.54, 1.807) is 47.4 Å². The standard InChI is InChI=1S/C30H31N5O4S/c31-29(32-37)25-10-6-7-22(19-25)20-28(30(36)35-17-15-34(16-18-35)26-11-2-1-3-12-26)33-40(38,39)27-14-13-23-8-4-5-9-24(23)21-27/h1-14,19,21,28,33,37H,15-18,20H2,(H2,31,32). The number of carbonyl (C=O) groups is 1. The summed E-state index contributed by atoms with van der Waals surface area (Å²) in [6.07, 6.45) is 0.0943. The summed E-state index contributed by atoms with van der Waals surface area (Å²) < 4.78 is 29.8. The van der Waals surface area contributed by atoms with Gasteiger partial charge in [0.2, 0.25) is 15.9 Å². The number of piperazine rings is 1. The molecule has 1 amide bonds. The molecule has 4 aromatic carbocycles. The maximum atomic E-state index is 13.8. The minimum Gasteiger partial charge on any atom is -0.409 e. The van der Waals surface area contributed by atoms with E-state index in [-0.39, 0.29) is 23.1 Å². The van der Waals surface area contributed by atoms with Crippen molar-refractivity contribution in [3.63, 3.8) is 0 Å². The minimum absolute atomic E-state index is 0.0708. The van der Waals surface area contributed by atoms with E-state index >= 15 is 0 Å². The third-order valence-corrected chi connectivity index (χ3v) is 8.58. The third-order valence-electron chi connectivity index (χ3n) is 7.11. The highest BCUT2D eigenvalue weighted by Gasteiger charge is 2.31. The second-order valence-electron chi connectivity index (χ2n) is 9.72. The number of nitrogens with one attached hydrogen (secondary N) is 1. The van der Waals surface area contributed by atoms with Gasteiger partial charge in [-0.2, -0.15) is 4.72 Å². The van der Waals surface area contributed by atoms with Crippen molar-refractivity contribution < 1.29 is 18.4 Å². The SMILES string of the molecule is N/C(=N\O)c1cccc(CC(NS(=O)(=O)c2ccc3ccccc3c2)C(=O)N2CCN(c3ccccc3)CC2)c1. The van der Waals surface area contributed by atoms with Crippen molar-refractivity contribution in [2.75, 3.05) is 31.1 Å². The summed E-state index contributed by atoms with van der Waals surface area (Å²) in [6, 6.07) is 28.2. The summed E-state index contributed by atoms with van der Waals surface area (Å²) in [7, 11) is -4.04. The zero-order valence-corrected chi connectivity index (χ0v) is 22.7. The molecule has 0 aliphatic carbocycles. The van der Waals surface area contributed by atoms with Crippen molar-refractivity contribution in [3.8, 4) is 0 Å². The van der Waals surface area contributed by atoms with E-state index in [0.29, 0.717) is 37.3 Å². The van der Waals surface area contributed by atoms with Crippen LogP contribution in [-0.2, 0) is 21.2 Å². The molecule has 0 aromatic heterocycles. The first-order valence-corrected chi connectivity index (χ1v) is 14.5. The molecule has 1 heterocycles. The number of hydrogen-bond acceptors (Lipinski definition) is 6. The van der Waals surface area contributed by atoms with Crippen molar-refractivity contribution in [1.29, 1.82) is 0 Å². The lowest BCUT2D eigenvalue weighted by atomic mass is 10.0. The highest BCUT2D eigenvalue weighted by Crippen LogP contribution is 2.21. The molecule has 1 fully saturated rings. The van der Waals surface area contributed by atoms with Crippen LogP contribution in [0.5, 0.6) is 0 Å². The van der Waals surface area contributed by atoms with Gasteiger partial charge in [-0.05, 0) is 53.1 Å². The number of amides is 1. The number of benzene rings is 4. The molecular weight excluding hydrogens is 526 g/mol. The fraction of sp³-hybridized carbons (Fsp3) is 0.200. The number of carbonyl (C=O) groups excluding carboxylic acids is 1. The maximum absolute atomic E-state index is 13.8. The van der Waals surface area contributed by atoms with Crippen LogP contribution in [0, 0.1) is 0 Å². The van der Waals surface area contributed by atoms with Gasteiger partial charge >= 0.3 is 0 Å². The van der Waals surface area contributed by atoms with Gasteiger partial charge in [0, 0.05) is 37.4 Å². The fourth-order valence-electron chi connectivity index (χ4n) is 4.96. The molecule has 4 aromatic rings. The van der Waals surface area contributed by atoms with Gasteiger partial charge in [-0.25, -0.2) is 8.42 Å². The predicted molar refractivity (Wildman–Crippen MR) is 156 cm³/mol. The van der Waals surface area contributed by atoms with E-state index in [0.717, 1.165) is 16.5 Å². The van der Waals surface area contributed by atoms with Gasteiger partial charge in [0.25, 0.3) is 0 Å². The molecular formula is C30H31N5O4S. The molecule has 5 rings (SSSR count). The van der Waals surface area contributed by atoms with Gasteiger partial charge < -0.3 is 20.7 Å². The smallest absolute Gasteiger partial charge is 0.241 e. The number of rotatable bonds is 8. The molecule has 1 aliphatic heterocycles. The Kier molecular flexibility index (Phi) is 7.99. The molecule has 9 nitrogen and oxygen atoms in total. The summed E-state index contributed by atoms with van der Waals surface area (Å²) in [6.45, 7) is 2.20. The van der Waals surface area contributed by atoms with Crippen LogP contribution in [0.25, 0.3) is 10.8 Å². The van der Waals surface area contributed by atoms with E-state index < -0.39 is 16.1 Å². The monoisotopic (exact) mass is 557 g/mol. The number of amidine groups is 1. The lowest BCUT2D eigenvalue weighted by Gasteiger charge is -2.37. The van der Waals surface area contributed by atoms with E-state index in [4.69, 9.17) is 10.9 Å². The third kappa shape index (κ3) is 6.08. The minimum atomic E-state index is -4.04. The predicted octanol–water partition coefficient (Wildman–Crippen LogP) is 3.17. The first kappa shape index (κ1) is 27.2. The summed E-state index contributed by atoms with van der Waals surface area (Å²) in [5.74, 6) is -0.371. The highest BCUT2D eigenvalue weighted by molar-refractivity contribution is 7.89. The zero-order chi connectivity index (χ0) is 28.1. The summed E-state index contributed by atoms with van der Waals surface area (Å²) in [5, 5.41) is 13.8.